The first-order chi connectivity index (χ1) is 9.20. The average molecular weight is 288 g/mol. The lowest BCUT2D eigenvalue weighted by atomic mass is 9.66. The van der Waals surface area contributed by atoms with Gasteiger partial charge < -0.3 is 20.1 Å². The quantitative estimate of drug-likeness (QED) is 0.699. The molecule has 0 aromatic heterocycles. The molecule has 0 heterocycles. The summed E-state index contributed by atoms with van der Waals surface area (Å²) in [6.45, 7) is 8.02. The van der Waals surface area contributed by atoms with E-state index in [1.165, 1.54) is 0 Å². The van der Waals surface area contributed by atoms with Crippen LogP contribution in [0.2, 0.25) is 0 Å². The van der Waals surface area contributed by atoms with Crippen molar-refractivity contribution in [2.75, 3.05) is 7.11 Å². The Balaban J connectivity index is 2.81. The minimum Gasteiger partial charge on any atom is -0.393 e. The van der Waals surface area contributed by atoms with Crippen LogP contribution in [0.1, 0.15) is 53.4 Å². The second-order valence-electron chi connectivity index (χ2n) is 7.09. The fraction of sp³-hybridized carbons (Fsp3) is 1.00. The zero-order valence-corrected chi connectivity index (χ0v) is 13.5. The highest BCUT2D eigenvalue weighted by atomic mass is 16.5. The number of methoxy groups -OCH3 is 1. The van der Waals surface area contributed by atoms with Crippen molar-refractivity contribution in [2.45, 2.75) is 77.3 Å². The summed E-state index contributed by atoms with van der Waals surface area (Å²) in [5.74, 6) is 0.189. The summed E-state index contributed by atoms with van der Waals surface area (Å²) in [6, 6.07) is 0. The van der Waals surface area contributed by atoms with Gasteiger partial charge >= 0.3 is 0 Å². The topological polar surface area (TPSA) is 69.9 Å². The highest BCUT2D eigenvalue weighted by Crippen LogP contribution is 2.41. The van der Waals surface area contributed by atoms with Crippen molar-refractivity contribution in [3.05, 3.63) is 0 Å². The van der Waals surface area contributed by atoms with Gasteiger partial charge in [0.2, 0.25) is 0 Å². The van der Waals surface area contributed by atoms with Gasteiger partial charge in [-0.3, -0.25) is 0 Å². The first kappa shape index (κ1) is 17.9. The molecule has 0 radical (unpaired) electrons. The molecule has 1 fully saturated rings. The van der Waals surface area contributed by atoms with Crippen molar-refractivity contribution in [1.82, 2.24) is 0 Å². The molecule has 0 saturated heterocycles. The fourth-order valence-electron chi connectivity index (χ4n) is 3.54. The lowest BCUT2D eigenvalue weighted by molar-refractivity contribution is -0.179. The summed E-state index contributed by atoms with van der Waals surface area (Å²) in [6.07, 6.45) is 1.30. The summed E-state index contributed by atoms with van der Waals surface area (Å²) in [7, 11) is 1.56. The minimum atomic E-state index is -0.905. The Hall–Kier alpha value is -0.160. The van der Waals surface area contributed by atoms with E-state index in [0.717, 1.165) is 12.8 Å². The molecular formula is C16H32O4. The van der Waals surface area contributed by atoms with Crippen LogP contribution in [0.25, 0.3) is 0 Å². The summed E-state index contributed by atoms with van der Waals surface area (Å²) in [4.78, 5) is 0. The van der Waals surface area contributed by atoms with Gasteiger partial charge in [-0.1, -0.05) is 20.8 Å². The first-order valence-corrected chi connectivity index (χ1v) is 7.82. The fourth-order valence-corrected chi connectivity index (χ4v) is 3.54. The molecular weight excluding hydrogens is 256 g/mol. The molecule has 0 bridgehead atoms. The van der Waals surface area contributed by atoms with E-state index in [-0.39, 0.29) is 11.8 Å². The molecule has 1 aliphatic rings. The van der Waals surface area contributed by atoms with E-state index in [1.807, 2.05) is 6.92 Å². The van der Waals surface area contributed by atoms with E-state index in [4.69, 9.17) is 4.74 Å². The maximum atomic E-state index is 10.6. The van der Waals surface area contributed by atoms with Crippen molar-refractivity contribution in [1.29, 1.82) is 0 Å². The van der Waals surface area contributed by atoms with E-state index < -0.39 is 23.9 Å². The van der Waals surface area contributed by atoms with Gasteiger partial charge in [-0.2, -0.15) is 0 Å². The van der Waals surface area contributed by atoms with Gasteiger partial charge in [0, 0.05) is 13.0 Å². The summed E-state index contributed by atoms with van der Waals surface area (Å²) < 4.78 is 5.43. The van der Waals surface area contributed by atoms with Crippen LogP contribution in [0.3, 0.4) is 0 Å². The van der Waals surface area contributed by atoms with Crippen molar-refractivity contribution in [2.24, 2.45) is 17.8 Å². The molecule has 1 saturated carbocycles. The van der Waals surface area contributed by atoms with Crippen molar-refractivity contribution in [3.63, 3.8) is 0 Å². The average Bonchev–Trinajstić information content (AvgIpc) is 2.37. The van der Waals surface area contributed by atoms with Crippen LogP contribution in [0.5, 0.6) is 0 Å². The Bertz CT molecular complexity index is 290. The van der Waals surface area contributed by atoms with Gasteiger partial charge in [-0.25, -0.2) is 0 Å². The van der Waals surface area contributed by atoms with Gasteiger partial charge in [0.15, 0.2) is 0 Å². The van der Waals surface area contributed by atoms with Gasteiger partial charge in [0.05, 0.1) is 23.9 Å². The lowest BCUT2D eigenvalue weighted by Crippen LogP contribution is -2.56. The normalized spacial score (nSPS) is 38.0. The zero-order valence-electron chi connectivity index (χ0n) is 13.5. The van der Waals surface area contributed by atoms with Crippen molar-refractivity contribution >= 4 is 0 Å². The number of ether oxygens (including phenoxy) is 1. The second-order valence-corrected chi connectivity index (χ2v) is 7.09. The van der Waals surface area contributed by atoms with Gasteiger partial charge in [-0.05, 0) is 44.4 Å². The highest BCUT2D eigenvalue weighted by molar-refractivity contribution is 4.99. The monoisotopic (exact) mass is 288 g/mol. The van der Waals surface area contributed by atoms with E-state index in [1.54, 1.807) is 14.0 Å². The molecule has 6 atom stereocenters. The van der Waals surface area contributed by atoms with Crippen LogP contribution in [0.4, 0.5) is 0 Å². The molecule has 1 rings (SSSR count). The lowest BCUT2D eigenvalue weighted by Gasteiger charge is -2.48. The molecule has 4 heteroatoms. The Morgan fingerprint density at radius 3 is 2.35 bits per heavy atom. The van der Waals surface area contributed by atoms with Crippen molar-refractivity contribution in [3.8, 4) is 0 Å². The zero-order chi connectivity index (χ0) is 15.5. The Morgan fingerprint density at radius 1 is 1.25 bits per heavy atom. The molecule has 0 aromatic rings. The number of aliphatic hydroxyl groups excluding tert-OH is 2. The number of hydrogen-bond acceptors (Lipinski definition) is 4. The van der Waals surface area contributed by atoms with E-state index in [0.29, 0.717) is 18.8 Å². The standard InChI is InChI=1S/C16H32O4/c1-10(2)6-7-12(17)11(3)14-15(20-5)13(18)8-9-16(14,4)19/h10-15,17-19H,6-9H2,1-5H3. The smallest absolute Gasteiger partial charge is 0.0889 e. The van der Waals surface area contributed by atoms with Crippen molar-refractivity contribution < 1.29 is 20.1 Å². The minimum absolute atomic E-state index is 0.108. The van der Waals surface area contributed by atoms with Crippen LogP contribution in [0, 0.1) is 17.8 Å². The van der Waals surface area contributed by atoms with E-state index in [9.17, 15) is 15.3 Å². The van der Waals surface area contributed by atoms with Crippen LogP contribution < -0.4 is 0 Å². The van der Waals surface area contributed by atoms with Crippen LogP contribution in [-0.2, 0) is 4.74 Å². The maximum Gasteiger partial charge on any atom is 0.0889 e. The van der Waals surface area contributed by atoms with Crippen LogP contribution >= 0.6 is 0 Å². The Labute approximate surface area is 123 Å². The molecule has 0 spiro atoms. The molecule has 20 heavy (non-hydrogen) atoms. The van der Waals surface area contributed by atoms with Crippen LogP contribution in [-0.4, -0.2) is 46.3 Å². The highest BCUT2D eigenvalue weighted by Gasteiger charge is 2.49. The number of hydrogen-bond donors (Lipinski definition) is 3. The number of rotatable bonds is 6. The third-order valence-corrected chi connectivity index (χ3v) is 4.88. The largest absolute Gasteiger partial charge is 0.393 e. The van der Waals surface area contributed by atoms with Gasteiger partial charge in [0.25, 0.3) is 0 Å². The molecule has 0 aromatic carbocycles. The molecule has 0 aliphatic heterocycles. The molecule has 1 aliphatic carbocycles. The Kier molecular flexibility index (Phi) is 6.45. The third-order valence-electron chi connectivity index (χ3n) is 4.88. The molecule has 4 nitrogen and oxygen atoms in total. The summed E-state index contributed by atoms with van der Waals surface area (Å²) in [5, 5.41) is 31.2. The Morgan fingerprint density at radius 2 is 1.85 bits per heavy atom. The maximum absolute atomic E-state index is 10.6. The SMILES string of the molecule is COC1C(O)CCC(C)(O)C1C(C)C(O)CCC(C)C. The molecule has 6 unspecified atom stereocenters. The molecule has 120 valence electrons. The predicted octanol–water partition coefficient (Wildman–Crippen LogP) is 1.96. The summed E-state index contributed by atoms with van der Waals surface area (Å²) in [5.41, 5.74) is -0.905. The van der Waals surface area contributed by atoms with E-state index in [2.05, 4.69) is 13.8 Å². The summed E-state index contributed by atoms with van der Waals surface area (Å²) >= 11 is 0. The molecule has 0 amide bonds. The predicted molar refractivity (Wildman–Crippen MR) is 79.4 cm³/mol. The van der Waals surface area contributed by atoms with E-state index >= 15 is 0 Å². The van der Waals surface area contributed by atoms with Gasteiger partial charge in [0.1, 0.15) is 0 Å². The number of aliphatic hydroxyl groups is 3. The molecule has 3 N–H and O–H groups in total. The van der Waals surface area contributed by atoms with Gasteiger partial charge in [-0.15, -0.1) is 0 Å². The van der Waals surface area contributed by atoms with Crippen LogP contribution in [0.15, 0.2) is 0 Å². The second kappa shape index (κ2) is 7.21. The third kappa shape index (κ3) is 4.17. The first-order valence-electron chi connectivity index (χ1n) is 7.82.